The van der Waals surface area contributed by atoms with Gasteiger partial charge in [-0.2, -0.15) is 0 Å². The Morgan fingerprint density at radius 3 is 2.62 bits per heavy atom. The van der Waals surface area contributed by atoms with Crippen LogP contribution < -0.4 is 10.6 Å². The average Bonchev–Trinajstić information content (AvgIpc) is 3.08. The Morgan fingerprint density at radius 2 is 1.86 bits per heavy atom. The Balaban J connectivity index is 1.62. The van der Waals surface area contributed by atoms with Crippen LogP contribution in [-0.2, 0) is 6.54 Å². The number of nitrogens with two attached hydrogens (primary N) is 1. The standard InChI is InChI=1S/C17H24N4/c18-17(21-11-2-1-3-12-21)19-14-15-7-6-8-16(13-15)20-9-4-5-10-20/h4-8,13H,1-3,9-12,14H2,(H2,18,19). The molecule has 2 N–H and O–H groups in total. The lowest BCUT2D eigenvalue weighted by Crippen LogP contribution is -2.40. The summed E-state index contributed by atoms with van der Waals surface area (Å²) in [5.41, 5.74) is 8.60. The predicted octanol–water partition coefficient (Wildman–Crippen LogP) is 2.36. The van der Waals surface area contributed by atoms with E-state index in [1.807, 2.05) is 0 Å². The second-order valence-corrected chi connectivity index (χ2v) is 5.77. The van der Waals surface area contributed by atoms with Crippen LogP contribution in [0.1, 0.15) is 24.8 Å². The fourth-order valence-corrected chi connectivity index (χ4v) is 2.94. The largest absolute Gasteiger partial charge is 0.370 e. The van der Waals surface area contributed by atoms with Crippen LogP contribution in [0.3, 0.4) is 0 Å². The molecule has 21 heavy (non-hydrogen) atoms. The first-order valence-corrected chi connectivity index (χ1v) is 7.87. The van der Waals surface area contributed by atoms with Gasteiger partial charge in [0, 0.05) is 31.9 Å². The van der Waals surface area contributed by atoms with Crippen LogP contribution in [0, 0.1) is 0 Å². The zero-order chi connectivity index (χ0) is 14.5. The first-order chi connectivity index (χ1) is 10.3. The summed E-state index contributed by atoms with van der Waals surface area (Å²) in [6.45, 7) is 4.77. The molecular formula is C17H24N4. The van der Waals surface area contributed by atoms with Gasteiger partial charge in [0.15, 0.2) is 5.96 Å². The van der Waals surface area contributed by atoms with Crippen LogP contribution in [0.2, 0.25) is 0 Å². The number of hydrogen-bond acceptors (Lipinski definition) is 2. The molecule has 0 aromatic heterocycles. The number of guanidine groups is 1. The highest BCUT2D eigenvalue weighted by Gasteiger charge is 2.12. The number of benzene rings is 1. The number of piperidine rings is 1. The van der Waals surface area contributed by atoms with Crippen molar-refractivity contribution in [1.82, 2.24) is 4.90 Å². The van der Waals surface area contributed by atoms with Crippen molar-refractivity contribution in [3.8, 4) is 0 Å². The van der Waals surface area contributed by atoms with Crippen molar-refractivity contribution in [3.05, 3.63) is 42.0 Å². The lowest BCUT2D eigenvalue weighted by molar-refractivity contribution is 0.338. The molecule has 4 nitrogen and oxygen atoms in total. The highest BCUT2D eigenvalue weighted by atomic mass is 15.2. The molecule has 0 amide bonds. The molecule has 2 aliphatic rings. The first kappa shape index (κ1) is 14.0. The van der Waals surface area contributed by atoms with Crippen molar-refractivity contribution in [2.45, 2.75) is 25.8 Å². The van der Waals surface area contributed by atoms with Gasteiger partial charge in [-0.1, -0.05) is 24.3 Å². The van der Waals surface area contributed by atoms with Gasteiger partial charge in [-0.05, 0) is 37.0 Å². The second-order valence-electron chi connectivity index (χ2n) is 5.77. The lowest BCUT2D eigenvalue weighted by atomic mass is 10.1. The van der Waals surface area contributed by atoms with Crippen molar-refractivity contribution < 1.29 is 0 Å². The number of anilines is 1. The topological polar surface area (TPSA) is 44.9 Å². The van der Waals surface area contributed by atoms with Gasteiger partial charge in [-0.15, -0.1) is 0 Å². The van der Waals surface area contributed by atoms with Crippen LogP contribution in [-0.4, -0.2) is 37.0 Å². The molecule has 0 saturated carbocycles. The second kappa shape index (κ2) is 6.66. The Bertz CT molecular complexity index is 521. The molecule has 2 heterocycles. The Kier molecular flexibility index (Phi) is 4.43. The zero-order valence-electron chi connectivity index (χ0n) is 12.5. The molecule has 112 valence electrons. The van der Waals surface area contributed by atoms with Crippen LogP contribution in [0.5, 0.6) is 0 Å². The summed E-state index contributed by atoms with van der Waals surface area (Å²) in [6, 6.07) is 8.61. The van der Waals surface area contributed by atoms with E-state index in [1.165, 1.54) is 30.5 Å². The van der Waals surface area contributed by atoms with Crippen molar-refractivity contribution in [3.63, 3.8) is 0 Å². The molecule has 0 spiro atoms. The van der Waals surface area contributed by atoms with E-state index in [-0.39, 0.29) is 0 Å². The minimum absolute atomic E-state index is 0.664. The molecular weight excluding hydrogens is 260 g/mol. The predicted molar refractivity (Wildman–Crippen MR) is 88.5 cm³/mol. The fourth-order valence-electron chi connectivity index (χ4n) is 2.94. The van der Waals surface area contributed by atoms with E-state index < -0.39 is 0 Å². The van der Waals surface area contributed by atoms with Gasteiger partial charge in [-0.25, -0.2) is 4.99 Å². The highest BCUT2D eigenvalue weighted by Crippen LogP contribution is 2.19. The summed E-state index contributed by atoms with van der Waals surface area (Å²) < 4.78 is 0. The molecule has 0 radical (unpaired) electrons. The van der Waals surface area contributed by atoms with E-state index in [2.05, 4.69) is 51.2 Å². The number of aliphatic imine (C=N–C) groups is 1. The SMILES string of the molecule is NC(=NCc1cccc(N2CC=CC2)c1)N1CCCCC1. The summed E-state index contributed by atoms with van der Waals surface area (Å²) in [6.07, 6.45) is 8.19. The van der Waals surface area contributed by atoms with Crippen molar-refractivity contribution in [2.75, 3.05) is 31.1 Å². The van der Waals surface area contributed by atoms with Gasteiger partial charge < -0.3 is 15.5 Å². The number of hydrogen-bond donors (Lipinski definition) is 1. The number of rotatable bonds is 3. The van der Waals surface area contributed by atoms with E-state index >= 15 is 0 Å². The summed E-state index contributed by atoms with van der Waals surface area (Å²) >= 11 is 0. The zero-order valence-corrected chi connectivity index (χ0v) is 12.5. The van der Waals surface area contributed by atoms with E-state index in [1.54, 1.807) is 0 Å². The van der Waals surface area contributed by atoms with E-state index in [9.17, 15) is 0 Å². The summed E-state index contributed by atoms with van der Waals surface area (Å²) in [5.74, 6) is 0.697. The van der Waals surface area contributed by atoms with E-state index in [4.69, 9.17) is 5.73 Å². The van der Waals surface area contributed by atoms with Crippen molar-refractivity contribution in [2.24, 2.45) is 10.7 Å². The molecule has 0 aliphatic carbocycles. The normalized spacial score (nSPS) is 19.3. The monoisotopic (exact) mass is 284 g/mol. The molecule has 0 atom stereocenters. The number of likely N-dealkylation sites (tertiary alicyclic amines) is 1. The van der Waals surface area contributed by atoms with E-state index in [0.717, 1.165) is 26.2 Å². The molecule has 0 bridgehead atoms. The van der Waals surface area contributed by atoms with Gasteiger partial charge in [0.25, 0.3) is 0 Å². The van der Waals surface area contributed by atoms with Crippen molar-refractivity contribution >= 4 is 11.6 Å². The third-order valence-corrected chi connectivity index (χ3v) is 4.20. The lowest BCUT2D eigenvalue weighted by Gasteiger charge is -2.27. The highest BCUT2D eigenvalue weighted by molar-refractivity contribution is 5.78. The summed E-state index contributed by atoms with van der Waals surface area (Å²) in [4.78, 5) is 9.13. The third-order valence-electron chi connectivity index (χ3n) is 4.20. The van der Waals surface area contributed by atoms with Gasteiger partial charge in [0.1, 0.15) is 0 Å². The molecule has 0 unspecified atom stereocenters. The average molecular weight is 284 g/mol. The number of nitrogens with zero attached hydrogens (tertiary/aromatic N) is 3. The van der Waals surface area contributed by atoms with Gasteiger partial charge in [0.05, 0.1) is 6.54 Å². The van der Waals surface area contributed by atoms with E-state index in [0.29, 0.717) is 12.5 Å². The molecule has 1 fully saturated rings. The Labute approximate surface area is 126 Å². The van der Waals surface area contributed by atoms with Crippen LogP contribution >= 0.6 is 0 Å². The van der Waals surface area contributed by atoms with Crippen LogP contribution in [0.4, 0.5) is 5.69 Å². The Hall–Kier alpha value is -1.97. The third kappa shape index (κ3) is 3.57. The Morgan fingerprint density at radius 1 is 1.10 bits per heavy atom. The molecule has 1 aromatic rings. The summed E-state index contributed by atoms with van der Waals surface area (Å²) in [7, 11) is 0. The van der Waals surface area contributed by atoms with Crippen LogP contribution in [0.25, 0.3) is 0 Å². The first-order valence-electron chi connectivity index (χ1n) is 7.87. The molecule has 3 rings (SSSR count). The molecule has 2 aliphatic heterocycles. The maximum Gasteiger partial charge on any atom is 0.191 e. The van der Waals surface area contributed by atoms with Crippen molar-refractivity contribution in [1.29, 1.82) is 0 Å². The maximum absolute atomic E-state index is 6.11. The van der Waals surface area contributed by atoms with Gasteiger partial charge in [-0.3, -0.25) is 0 Å². The summed E-state index contributed by atoms with van der Waals surface area (Å²) in [5, 5.41) is 0. The molecule has 1 saturated heterocycles. The maximum atomic E-state index is 6.11. The molecule has 4 heteroatoms. The molecule has 1 aromatic carbocycles. The fraction of sp³-hybridized carbons (Fsp3) is 0.471. The smallest absolute Gasteiger partial charge is 0.191 e. The quantitative estimate of drug-likeness (QED) is 0.526. The minimum atomic E-state index is 0.664. The van der Waals surface area contributed by atoms with Crippen LogP contribution in [0.15, 0.2) is 41.4 Å². The van der Waals surface area contributed by atoms with Gasteiger partial charge >= 0.3 is 0 Å². The minimum Gasteiger partial charge on any atom is -0.370 e. The van der Waals surface area contributed by atoms with Gasteiger partial charge in [0.2, 0.25) is 0 Å².